The highest BCUT2D eigenvalue weighted by molar-refractivity contribution is 6.29. The van der Waals surface area contributed by atoms with Crippen LogP contribution in [0.4, 0.5) is 0 Å². The predicted molar refractivity (Wildman–Crippen MR) is 64.6 cm³/mol. The molecule has 0 aromatic carbocycles. The van der Waals surface area contributed by atoms with Gasteiger partial charge in [-0.05, 0) is 30.9 Å². The first-order chi connectivity index (χ1) is 7.75. The van der Waals surface area contributed by atoms with Crippen molar-refractivity contribution in [1.82, 2.24) is 10.3 Å². The van der Waals surface area contributed by atoms with Gasteiger partial charge in [-0.2, -0.15) is 0 Å². The van der Waals surface area contributed by atoms with Crippen LogP contribution in [-0.2, 0) is 4.74 Å². The van der Waals surface area contributed by atoms with E-state index in [1.807, 2.05) is 18.3 Å². The van der Waals surface area contributed by atoms with Crippen LogP contribution in [0.3, 0.4) is 0 Å². The van der Waals surface area contributed by atoms with Gasteiger partial charge in [0.05, 0.1) is 6.61 Å². The lowest BCUT2D eigenvalue weighted by Crippen LogP contribution is -2.26. The van der Waals surface area contributed by atoms with E-state index in [4.69, 9.17) is 16.3 Å². The van der Waals surface area contributed by atoms with Gasteiger partial charge in [0.1, 0.15) is 5.15 Å². The lowest BCUT2D eigenvalue weighted by atomic mass is 10.1. The minimum atomic E-state index is 0.311. The van der Waals surface area contributed by atoms with E-state index < -0.39 is 0 Å². The molecule has 2 atom stereocenters. The number of pyridine rings is 1. The Balaban J connectivity index is 1.82. The molecule has 0 spiro atoms. The average Bonchev–Trinajstić information content (AvgIpc) is 2.80. The van der Waals surface area contributed by atoms with Crippen LogP contribution in [0.2, 0.25) is 5.15 Å². The summed E-state index contributed by atoms with van der Waals surface area (Å²) in [5, 5.41) is 4.04. The average molecular weight is 241 g/mol. The second kappa shape index (κ2) is 5.62. The molecule has 88 valence electrons. The fraction of sp³-hybridized carbons (Fsp3) is 0.583. The van der Waals surface area contributed by atoms with Crippen LogP contribution in [0.15, 0.2) is 18.3 Å². The lowest BCUT2D eigenvalue weighted by molar-refractivity contribution is 0.184. The zero-order valence-corrected chi connectivity index (χ0v) is 10.2. The number of rotatable bonds is 4. The standard InChI is InChI=1S/C12H17ClN2O/c1-9(11-2-3-12(13)15-7-11)14-6-10-4-5-16-8-10/h2-3,7,9-10,14H,4-6,8H2,1H3. The molecule has 1 aromatic rings. The first-order valence-corrected chi connectivity index (χ1v) is 6.06. The quantitative estimate of drug-likeness (QED) is 0.821. The molecule has 1 aliphatic heterocycles. The summed E-state index contributed by atoms with van der Waals surface area (Å²) >= 11 is 5.75. The molecular weight excluding hydrogens is 224 g/mol. The van der Waals surface area contributed by atoms with Crippen molar-refractivity contribution in [2.45, 2.75) is 19.4 Å². The molecule has 0 bridgehead atoms. The van der Waals surface area contributed by atoms with E-state index in [9.17, 15) is 0 Å². The zero-order chi connectivity index (χ0) is 11.4. The van der Waals surface area contributed by atoms with E-state index in [1.165, 1.54) is 12.0 Å². The normalized spacial score (nSPS) is 22.2. The number of hydrogen-bond acceptors (Lipinski definition) is 3. The fourth-order valence-electron chi connectivity index (χ4n) is 1.85. The summed E-state index contributed by atoms with van der Waals surface area (Å²) in [6.45, 7) is 4.94. The Kier molecular flexibility index (Phi) is 4.16. The van der Waals surface area contributed by atoms with E-state index in [-0.39, 0.29) is 0 Å². The number of aromatic nitrogens is 1. The largest absolute Gasteiger partial charge is 0.381 e. The van der Waals surface area contributed by atoms with Crippen molar-refractivity contribution in [2.75, 3.05) is 19.8 Å². The Bertz CT molecular complexity index is 322. The maximum Gasteiger partial charge on any atom is 0.129 e. The van der Waals surface area contributed by atoms with Gasteiger partial charge in [0, 0.05) is 25.4 Å². The third-order valence-electron chi connectivity index (χ3n) is 2.99. The molecule has 16 heavy (non-hydrogen) atoms. The van der Waals surface area contributed by atoms with Crippen LogP contribution in [-0.4, -0.2) is 24.7 Å². The van der Waals surface area contributed by atoms with Crippen LogP contribution in [0.25, 0.3) is 0 Å². The molecule has 1 aromatic heterocycles. The number of ether oxygens (including phenoxy) is 1. The smallest absolute Gasteiger partial charge is 0.129 e. The minimum absolute atomic E-state index is 0.311. The number of hydrogen-bond donors (Lipinski definition) is 1. The summed E-state index contributed by atoms with van der Waals surface area (Å²) in [6.07, 6.45) is 2.99. The molecule has 3 nitrogen and oxygen atoms in total. The molecule has 1 aliphatic rings. The van der Waals surface area contributed by atoms with Gasteiger partial charge in [-0.3, -0.25) is 0 Å². The number of nitrogens with one attached hydrogen (secondary N) is 1. The van der Waals surface area contributed by atoms with Crippen molar-refractivity contribution in [2.24, 2.45) is 5.92 Å². The van der Waals surface area contributed by atoms with E-state index in [2.05, 4.69) is 17.2 Å². The van der Waals surface area contributed by atoms with E-state index in [1.54, 1.807) is 0 Å². The molecule has 1 fully saturated rings. The Morgan fingerprint density at radius 3 is 3.12 bits per heavy atom. The van der Waals surface area contributed by atoms with Crippen molar-refractivity contribution >= 4 is 11.6 Å². The van der Waals surface area contributed by atoms with Crippen molar-refractivity contribution in [1.29, 1.82) is 0 Å². The third-order valence-corrected chi connectivity index (χ3v) is 3.21. The van der Waals surface area contributed by atoms with Gasteiger partial charge in [-0.15, -0.1) is 0 Å². The van der Waals surface area contributed by atoms with Gasteiger partial charge in [0.15, 0.2) is 0 Å². The second-order valence-corrected chi connectivity index (χ2v) is 4.66. The molecule has 2 unspecified atom stereocenters. The first-order valence-electron chi connectivity index (χ1n) is 5.68. The number of nitrogens with zero attached hydrogens (tertiary/aromatic N) is 1. The van der Waals surface area contributed by atoms with Gasteiger partial charge < -0.3 is 10.1 Å². The summed E-state index contributed by atoms with van der Waals surface area (Å²) in [4.78, 5) is 4.08. The van der Waals surface area contributed by atoms with E-state index in [0.29, 0.717) is 17.1 Å². The predicted octanol–water partition coefficient (Wildman–Crippen LogP) is 2.42. The molecular formula is C12H17ClN2O. The summed E-state index contributed by atoms with van der Waals surface area (Å²) in [5.41, 5.74) is 1.17. The Hall–Kier alpha value is -0.640. The SMILES string of the molecule is CC(NCC1CCOC1)c1ccc(Cl)nc1. The second-order valence-electron chi connectivity index (χ2n) is 4.27. The van der Waals surface area contributed by atoms with Crippen molar-refractivity contribution < 1.29 is 4.74 Å². The Morgan fingerprint density at radius 1 is 1.62 bits per heavy atom. The van der Waals surface area contributed by atoms with Crippen LogP contribution >= 0.6 is 11.6 Å². The highest BCUT2D eigenvalue weighted by atomic mass is 35.5. The molecule has 2 rings (SSSR count). The van der Waals surface area contributed by atoms with Crippen LogP contribution in [0, 0.1) is 5.92 Å². The van der Waals surface area contributed by atoms with Crippen molar-refractivity contribution in [3.8, 4) is 0 Å². The fourth-order valence-corrected chi connectivity index (χ4v) is 1.96. The summed E-state index contributed by atoms with van der Waals surface area (Å²) in [5.74, 6) is 0.655. The third kappa shape index (κ3) is 3.17. The number of halogens is 1. The van der Waals surface area contributed by atoms with Gasteiger partial charge in [-0.25, -0.2) is 4.98 Å². The molecule has 1 saturated heterocycles. The first kappa shape index (κ1) is 11.8. The summed E-state index contributed by atoms with van der Waals surface area (Å²) in [6, 6.07) is 4.15. The van der Waals surface area contributed by atoms with Gasteiger partial charge in [-0.1, -0.05) is 17.7 Å². The maximum atomic E-state index is 5.75. The monoisotopic (exact) mass is 240 g/mol. The minimum Gasteiger partial charge on any atom is -0.381 e. The lowest BCUT2D eigenvalue weighted by Gasteiger charge is -2.16. The van der Waals surface area contributed by atoms with Gasteiger partial charge in [0.25, 0.3) is 0 Å². The maximum absolute atomic E-state index is 5.75. The van der Waals surface area contributed by atoms with Crippen LogP contribution in [0.5, 0.6) is 0 Å². The molecule has 0 amide bonds. The topological polar surface area (TPSA) is 34.1 Å². The molecule has 0 aliphatic carbocycles. The van der Waals surface area contributed by atoms with E-state index in [0.717, 1.165) is 19.8 Å². The molecule has 4 heteroatoms. The molecule has 1 N–H and O–H groups in total. The highest BCUT2D eigenvalue weighted by Gasteiger charge is 2.16. The van der Waals surface area contributed by atoms with Gasteiger partial charge in [0.2, 0.25) is 0 Å². The zero-order valence-electron chi connectivity index (χ0n) is 9.45. The Morgan fingerprint density at radius 2 is 2.50 bits per heavy atom. The van der Waals surface area contributed by atoms with Gasteiger partial charge >= 0.3 is 0 Å². The molecule has 0 saturated carbocycles. The summed E-state index contributed by atoms with van der Waals surface area (Å²) in [7, 11) is 0. The van der Waals surface area contributed by atoms with Crippen molar-refractivity contribution in [3.05, 3.63) is 29.0 Å². The van der Waals surface area contributed by atoms with Crippen molar-refractivity contribution in [3.63, 3.8) is 0 Å². The summed E-state index contributed by atoms with van der Waals surface area (Å²) < 4.78 is 5.34. The highest BCUT2D eigenvalue weighted by Crippen LogP contribution is 2.16. The van der Waals surface area contributed by atoms with Crippen LogP contribution < -0.4 is 5.32 Å². The molecule has 0 radical (unpaired) electrons. The molecule has 2 heterocycles. The van der Waals surface area contributed by atoms with E-state index >= 15 is 0 Å². The Labute approximate surface area is 101 Å². The van der Waals surface area contributed by atoms with Crippen LogP contribution in [0.1, 0.15) is 24.9 Å².